The summed E-state index contributed by atoms with van der Waals surface area (Å²) in [5, 5.41) is 5.38. The number of pyridine rings is 2. The van der Waals surface area contributed by atoms with Gasteiger partial charge in [-0.2, -0.15) is 0 Å². The number of thiophene rings is 1. The van der Waals surface area contributed by atoms with E-state index in [-0.39, 0.29) is 12.1 Å². The summed E-state index contributed by atoms with van der Waals surface area (Å²) in [5.41, 5.74) is 6.22. The van der Waals surface area contributed by atoms with E-state index < -0.39 is 23.6 Å². The standard InChI is InChI=1S/C21H18N6O3S/c1-12-25-10-16(27(12)18-4-2-3-6-24-18)21(30)26-15(19(28)20(22)29)8-13-11-31-17-5-7-23-9-14(13)17/h2-7,9-11,15H,8H2,1H3,(H2,22,29)(H,26,30). The Hall–Kier alpha value is -3.92. The lowest BCUT2D eigenvalue weighted by atomic mass is 10.0. The van der Waals surface area contributed by atoms with Crippen molar-refractivity contribution in [3.63, 3.8) is 0 Å². The van der Waals surface area contributed by atoms with Crippen LogP contribution in [0.2, 0.25) is 0 Å². The quantitative estimate of drug-likeness (QED) is 0.424. The largest absolute Gasteiger partial charge is 0.363 e. The fraction of sp³-hybridized carbons (Fsp3) is 0.143. The number of ketones is 1. The second-order valence-electron chi connectivity index (χ2n) is 6.81. The van der Waals surface area contributed by atoms with Crippen LogP contribution in [0, 0.1) is 6.92 Å². The molecule has 0 radical (unpaired) electrons. The van der Waals surface area contributed by atoms with E-state index in [0.29, 0.717) is 11.6 Å². The predicted molar refractivity (Wildman–Crippen MR) is 115 cm³/mol. The maximum absolute atomic E-state index is 13.1. The summed E-state index contributed by atoms with van der Waals surface area (Å²) in [7, 11) is 0. The highest BCUT2D eigenvalue weighted by Gasteiger charge is 2.28. The highest BCUT2D eigenvalue weighted by atomic mass is 32.1. The molecule has 10 heteroatoms. The number of carbonyl (C=O) groups is 3. The third-order valence-corrected chi connectivity index (χ3v) is 5.81. The number of Topliss-reactive ketones (excluding diaryl/α,β-unsaturated/α-hetero) is 1. The van der Waals surface area contributed by atoms with Gasteiger partial charge in [-0.15, -0.1) is 11.3 Å². The molecule has 9 nitrogen and oxygen atoms in total. The van der Waals surface area contributed by atoms with Crippen LogP contribution in [-0.4, -0.2) is 43.2 Å². The molecule has 0 spiro atoms. The summed E-state index contributed by atoms with van der Waals surface area (Å²) >= 11 is 1.49. The molecule has 4 aromatic rings. The van der Waals surface area contributed by atoms with Gasteiger partial charge in [0.15, 0.2) is 0 Å². The van der Waals surface area contributed by atoms with Gasteiger partial charge in [0.25, 0.3) is 11.8 Å². The molecule has 0 aliphatic heterocycles. The zero-order valence-corrected chi connectivity index (χ0v) is 17.3. The van der Waals surface area contributed by atoms with Crippen LogP contribution in [0.25, 0.3) is 15.9 Å². The van der Waals surface area contributed by atoms with Crippen LogP contribution in [0.15, 0.2) is 54.4 Å². The van der Waals surface area contributed by atoms with E-state index in [0.717, 1.165) is 15.6 Å². The smallest absolute Gasteiger partial charge is 0.287 e. The fourth-order valence-electron chi connectivity index (χ4n) is 3.29. The number of fused-ring (bicyclic) bond motifs is 1. The van der Waals surface area contributed by atoms with E-state index in [1.807, 2.05) is 11.4 Å². The van der Waals surface area contributed by atoms with Gasteiger partial charge in [-0.3, -0.25) is 23.9 Å². The van der Waals surface area contributed by atoms with Crippen molar-refractivity contribution in [3.8, 4) is 5.82 Å². The molecule has 4 aromatic heterocycles. The lowest BCUT2D eigenvalue weighted by Crippen LogP contribution is -2.47. The first-order valence-electron chi connectivity index (χ1n) is 9.36. The number of amides is 2. The molecule has 4 rings (SSSR count). The number of nitrogens with zero attached hydrogens (tertiary/aromatic N) is 4. The van der Waals surface area contributed by atoms with Gasteiger partial charge in [-0.1, -0.05) is 6.07 Å². The minimum atomic E-state index is -1.13. The van der Waals surface area contributed by atoms with Crippen molar-refractivity contribution >= 4 is 39.0 Å². The van der Waals surface area contributed by atoms with Crippen molar-refractivity contribution in [2.24, 2.45) is 5.73 Å². The Morgan fingerprint density at radius 1 is 1.16 bits per heavy atom. The first-order valence-corrected chi connectivity index (χ1v) is 10.2. The normalized spacial score (nSPS) is 11.9. The molecule has 0 aromatic carbocycles. The summed E-state index contributed by atoms with van der Waals surface area (Å²) in [6.45, 7) is 1.74. The topological polar surface area (TPSA) is 133 Å². The molecular formula is C21H18N6O3S. The predicted octanol–water partition coefficient (Wildman–Crippen LogP) is 1.58. The van der Waals surface area contributed by atoms with Crippen LogP contribution >= 0.6 is 11.3 Å². The first kappa shape index (κ1) is 20.4. The Balaban J connectivity index is 1.65. The van der Waals surface area contributed by atoms with Gasteiger partial charge in [0.05, 0.1) is 6.20 Å². The maximum atomic E-state index is 13.1. The van der Waals surface area contributed by atoms with Crippen molar-refractivity contribution in [3.05, 3.63) is 71.5 Å². The molecule has 0 aliphatic carbocycles. The summed E-state index contributed by atoms with van der Waals surface area (Å²) in [5.74, 6) is -1.50. The lowest BCUT2D eigenvalue weighted by Gasteiger charge is -2.17. The number of nitrogens with two attached hydrogens (primary N) is 1. The van der Waals surface area contributed by atoms with Gasteiger partial charge >= 0.3 is 0 Å². The highest BCUT2D eigenvalue weighted by Crippen LogP contribution is 2.26. The lowest BCUT2D eigenvalue weighted by molar-refractivity contribution is -0.137. The number of nitrogens with one attached hydrogen (secondary N) is 1. The fourth-order valence-corrected chi connectivity index (χ4v) is 4.24. The molecule has 0 saturated carbocycles. The number of hydrogen-bond donors (Lipinski definition) is 2. The van der Waals surface area contributed by atoms with Crippen LogP contribution in [-0.2, 0) is 16.0 Å². The van der Waals surface area contributed by atoms with Crippen molar-refractivity contribution in [1.82, 2.24) is 24.8 Å². The van der Waals surface area contributed by atoms with Crippen LogP contribution in [0.5, 0.6) is 0 Å². The number of rotatable bonds is 7. The number of primary amides is 1. The van der Waals surface area contributed by atoms with E-state index in [2.05, 4.69) is 20.3 Å². The van der Waals surface area contributed by atoms with Crippen molar-refractivity contribution < 1.29 is 14.4 Å². The molecule has 2 amide bonds. The molecule has 3 N–H and O–H groups in total. The van der Waals surface area contributed by atoms with Gasteiger partial charge in [0.1, 0.15) is 23.4 Å². The number of aromatic nitrogens is 4. The number of hydrogen-bond acceptors (Lipinski definition) is 7. The molecule has 0 saturated heterocycles. The van der Waals surface area contributed by atoms with E-state index in [1.165, 1.54) is 17.5 Å². The van der Waals surface area contributed by atoms with Crippen molar-refractivity contribution in [1.29, 1.82) is 0 Å². The third kappa shape index (κ3) is 4.05. The molecule has 0 bridgehead atoms. The van der Waals surface area contributed by atoms with Crippen LogP contribution in [0.3, 0.4) is 0 Å². The molecule has 1 atom stereocenters. The van der Waals surface area contributed by atoms with Gasteiger partial charge in [0.2, 0.25) is 5.78 Å². The maximum Gasteiger partial charge on any atom is 0.287 e. The minimum Gasteiger partial charge on any atom is -0.363 e. The first-order chi connectivity index (χ1) is 15.0. The zero-order valence-electron chi connectivity index (χ0n) is 16.5. The second-order valence-corrected chi connectivity index (χ2v) is 7.72. The molecular weight excluding hydrogens is 416 g/mol. The van der Waals surface area contributed by atoms with Crippen LogP contribution < -0.4 is 11.1 Å². The van der Waals surface area contributed by atoms with Gasteiger partial charge in [-0.05, 0) is 36.1 Å². The van der Waals surface area contributed by atoms with E-state index >= 15 is 0 Å². The van der Waals surface area contributed by atoms with Crippen molar-refractivity contribution in [2.45, 2.75) is 19.4 Å². The van der Waals surface area contributed by atoms with E-state index in [4.69, 9.17) is 5.73 Å². The molecule has 0 aliphatic rings. The summed E-state index contributed by atoms with van der Waals surface area (Å²) < 4.78 is 2.57. The van der Waals surface area contributed by atoms with Crippen LogP contribution in [0.4, 0.5) is 0 Å². The Morgan fingerprint density at radius 3 is 2.74 bits per heavy atom. The summed E-state index contributed by atoms with van der Waals surface area (Å²) in [6.07, 6.45) is 6.47. The van der Waals surface area contributed by atoms with Crippen LogP contribution in [0.1, 0.15) is 21.9 Å². The Bertz CT molecular complexity index is 1280. The zero-order chi connectivity index (χ0) is 22.0. The van der Waals surface area contributed by atoms with Gasteiger partial charge in [0, 0.05) is 35.1 Å². The van der Waals surface area contributed by atoms with Gasteiger partial charge in [-0.25, -0.2) is 9.97 Å². The number of aryl methyl sites for hydroxylation is 1. The summed E-state index contributed by atoms with van der Waals surface area (Å²) in [4.78, 5) is 49.8. The molecule has 1 unspecified atom stereocenters. The molecule has 156 valence electrons. The van der Waals surface area contributed by atoms with E-state index in [9.17, 15) is 14.4 Å². The third-order valence-electron chi connectivity index (χ3n) is 4.79. The van der Waals surface area contributed by atoms with Gasteiger partial charge < -0.3 is 11.1 Å². The number of imidazole rings is 1. The summed E-state index contributed by atoms with van der Waals surface area (Å²) in [6, 6.07) is 6.02. The second kappa shape index (κ2) is 8.44. The highest BCUT2D eigenvalue weighted by molar-refractivity contribution is 7.17. The molecule has 0 fully saturated rings. The van der Waals surface area contributed by atoms with E-state index in [1.54, 1.807) is 48.3 Å². The Labute approximate surface area is 181 Å². The average molecular weight is 434 g/mol. The Morgan fingerprint density at radius 2 is 2.00 bits per heavy atom. The molecule has 4 heterocycles. The average Bonchev–Trinajstić information content (AvgIpc) is 3.37. The van der Waals surface area contributed by atoms with Crippen molar-refractivity contribution in [2.75, 3.05) is 0 Å². The molecule has 31 heavy (non-hydrogen) atoms. The monoisotopic (exact) mass is 434 g/mol. The SMILES string of the molecule is Cc1ncc(C(=O)NC(Cc2csc3ccncc23)C(=O)C(N)=O)n1-c1ccccn1. The minimum absolute atomic E-state index is 0.107. The number of carbonyl (C=O) groups excluding carboxylic acids is 3. The Kier molecular flexibility index (Phi) is 5.54.